The lowest BCUT2D eigenvalue weighted by Gasteiger charge is -2.33. The van der Waals surface area contributed by atoms with E-state index in [1.54, 1.807) is 6.07 Å². The predicted octanol–water partition coefficient (Wildman–Crippen LogP) is 5.33. The highest BCUT2D eigenvalue weighted by molar-refractivity contribution is 6.03. The molecule has 5 rings (SSSR count). The zero-order chi connectivity index (χ0) is 30.9. The summed E-state index contributed by atoms with van der Waals surface area (Å²) in [4.78, 5) is 27.0. The monoisotopic (exact) mass is 639 g/mol. The second-order valence-electron chi connectivity index (χ2n) is 10.5. The highest BCUT2D eigenvalue weighted by atomic mass is 35.5. The summed E-state index contributed by atoms with van der Waals surface area (Å²) >= 11 is 0. The fourth-order valence-electron chi connectivity index (χ4n) is 4.99. The number of Topliss-reactive ketones (excluding diaryl/α,β-unsaturated/α-hetero) is 1. The van der Waals surface area contributed by atoms with Gasteiger partial charge in [-0.3, -0.25) is 4.79 Å². The van der Waals surface area contributed by atoms with Gasteiger partial charge < -0.3 is 21.3 Å². The van der Waals surface area contributed by atoms with Gasteiger partial charge in [0.1, 0.15) is 23.3 Å². The molecule has 0 aliphatic carbocycles. The third kappa shape index (κ3) is 7.16. The number of nitrogen functional groups attached to an aromatic ring is 1. The number of nitrogens with zero attached hydrogens (tertiary/aromatic N) is 6. The van der Waals surface area contributed by atoms with Crippen LogP contribution in [0.15, 0.2) is 36.4 Å². The van der Waals surface area contributed by atoms with Gasteiger partial charge in [0.05, 0.1) is 11.3 Å². The maximum absolute atomic E-state index is 14.7. The third-order valence-electron chi connectivity index (χ3n) is 7.31. The second kappa shape index (κ2) is 13.3. The van der Waals surface area contributed by atoms with Gasteiger partial charge >= 0.3 is 6.18 Å². The number of alkyl halides is 3. The number of nitrogens with one attached hydrogen (secondary N) is 2. The molecule has 236 valence electrons. The van der Waals surface area contributed by atoms with Crippen LogP contribution in [-0.2, 0) is 0 Å². The molecule has 0 spiro atoms. The van der Waals surface area contributed by atoms with Gasteiger partial charge in [-0.05, 0) is 64.0 Å². The summed E-state index contributed by atoms with van der Waals surface area (Å²) in [7, 11) is 0. The van der Waals surface area contributed by atoms with Crippen molar-refractivity contribution in [1.29, 1.82) is 0 Å². The molecule has 1 aliphatic rings. The Bertz CT molecular complexity index is 1640. The molecule has 0 bridgehead atoms. The van der Waals surface area contributed by atoms with E-state index in [-0.39, 0.29) is 54.4 Å². The number of benzene rings is 1. The number of aromatic nitrogens is 5. The van der Waals surface area contributed by atoms with E-state index in [1.165, 1.54) is 16.6 Å². The van der Waals surface area contributed by atoms with Crippen LogP contribution in [0, 0.1) is 11.6 Å². The predicted molar refractivity (Wildman–Crippen MR) is 158 cm³/mol. The fraction of sp³-hybridized carbons (Fsp3) is 0.393. The first-order chi connectivity index (χ1) is 20.4. The van der Waals surface area contributed by atoms with Crippen LogP contribution < -0.4 is 16.4 Å². The second-order valence-corrected chi connectivity index (χ2v) is 10.5. The van der Waals surface area contributed by atoms with E-state index in [0.29, 0.717) is 17.5 Å². The van der Waals surface area contributed by atoms with Crippen LogP contribution in [0.4, 0.5) is 39.5 Å². The molecule has 44 heavy (non-hydrogen) atoms. The van der Waals surface area contributed by atoms with E-state index in [1.807, 2.05) is 0 Å². The number of ketones is 1. The molecule has 1 aromatic carbocycles. The average Bonchev–Trinajstić information content (AvgIpc) is 3.39. The van der Waals surface area contributed by atoms with Crippen molar-refractivity contribution in [2.24, 2.45) is 0 Å². The van der Waals surface area contributed by atoms with Crippen molar-refractivity contribution < 1.29 is 26.7 Å². The minimum Gasteiger partial charge on any atom is -0.383 e. The summed E-state index contributed by atoms with van der Waals surface area (Å²) in [6.45, 7) is 6.60. The molecule has 1 aliphatic heterocycles. The number of carbonyl (C=O) groups excluding carboxylic acids is 1. The first-order valence-corrected chi connectivity index (χ1v) is 13.7. The molecule has 3 aromatic heterocycles. The number of hydrogen-bond acceptors (Lipinski definition) is 9. The Hall–Kier alpha value is -4.11. The number of piperidine rings is 1. The van der Waals surface area contributed by atoms with Gasteiger partial charge in [0.15, 0.2) is 11.5 Å². The quantitative estimate of drug-likeness (QED) is 0.127. The summed E-state index contributed by atoms with van der Waals surface area (Å²) in [5.41, 5.74) is 5.61. The van der Waals surface area contributed by atoms with Crippen molar-refractivity contribution in [3.63, 3.8) is 0 Å². The summed E-state index contributed by atoms with van der Waals surface area (Å²) in [5, 5.41) is 10.7. The third-order valence-corrected chi connectivity index (χ3v) is 7.31. The molecular formula is C28H31ClF5N9O. The highest BCUT2D eigenvalue weighted by Crippen LogP contribution is 2.30. The summed E-state index contributed by atoms with van der Waals surface area (Å²) in [6.07, 6.45) is -3.29. The number of nitrogens with two attached hydrogens (primary N) is 1. The number of anilines is 3. The lowest BCUT2D eigenvalue weighted by atomic mass is 9.95. The van der Waals surface area contributed by atoms with Gasteiger partial charge in [-0.15, -0.1) is 17.5 Å². The van der Waals surface area contributed by atoms with Crippen molar-refractivity contribution in [3.05, 3.63) is 59.4 Å². The van der Waals surface area contributed by atoms with Crippen molar-refractivity contribution in [1.82, 2.24) is 29.5 Å². The average molecular weight is 640 g/mol. The Kier molecular flexibility index (Phi) is 9.88. The molecular weight excluding hydrogens is 609 g/mol. The maximum atomic E-state index is 14.7. The van der Waals surface area contributed by atoms with Gasteiger partial charge in [0.25, 0.3) is 5.78 Å². The summed E-state index contributed by atoms with van der Waals surface area (Å²) in [6, 6.07) is 7.45. The number of carbonyl (C=O) groups is 1. The number of hydrogen-bond donors (Lipinski definition) is 3. The minimum absolute atomic E-state index is 0. The van der Waals surface area contributed by atoms with Gasteiger partial charge in [-0.25, -0.2) is 23.7 Å². The summed E-state index contributed by atoms with van der Waals surface area (Å²) in [5.74, 6) is -2.90. The first kappa shape index (κ1) is 32.8. The minimum atomic E-state index is -5.06. The normalized spacial score (nSPS) is 14.5. The van der Waals surface area contributed by atoms with Crippen LogP contribution in [0.5, 0.6) is 0 Å². The Balaban J connectivity index is 0.00000442. The molecule has 4 heterocycles. The summed E-state index contributed by atoms with van der Waals surface area (Å²) < 4.78 is 68.0. The van der Waals surface area contributed by atoms with Crippen molar-refractivity contribution >= 4 is 41.4 Å². The molecule has 16 heteroatoms. The molecule has 0 radical (unpaired) electrons. The number of rotatable bonds is 9. The van der Waals surface area contributed by atoms with Gasteiger partial charge in [-0.2, -0.15) is 17.7 Å². The van der Waals surface area contributed by atoms with Gasteiger partial charge in [0, 0.05) is 42.7 Å². The van der Waals surface area contributed by atoms with Crippen LogP contribution >= 0.6 is 12.4 Å². The van der Waals surface area contributed by atoms with E-state index >= 15 is 0 Å². The lowest BCUT2D eigenvalue weighted by Crippen LogP contribution is -2.38. The van der Waals surface area contributed by atoms with E-state index in [2.05, 4.69) is 39.3 Å². The number of halogens is 6. The SMILES string of the molecule is CC(C)N1CCC(c2nc3cc(-c4ccc(F)cc4F)nc(NCCNc4ccc(C(=O)C(F)(F)F)c(N)n4)n3n2)CC1.Cl. The number of pyridine rings is 1. The van der Waals surface area contributed by atoms with Crippen LogP contribution in [-0.4, -0.2) is 73.6 Å². The van der Waals surface area contributed by atoms with Crippen molar-refractivity contribution in [2.75, 3.05) is 42.5 Å². The van der Waals surface area contributed by atoms with Crippen LogP contribution in [0.2, 0.25) is 0 Å². The molecule has 10 nitrogen and oxygen atoms in total. The maximum Gasteiger partial charge on any atom is 0.455 e. The molecule has 1 saturated heterocycles. The Morgan fingerprint density at radius 3 is 2.36 bits per heavy atom. The first-order valence-electron chi connectivity index (χ1n) is 13.7. The Labute approximate surface area is 255 Å². The van der Waals surface area contributed by atoms with Crippen molar-refractivity contribution in [3.8, 4) is 11.3 Å². The van der Waals surface area contributed by atoms with E-state index in [4.69, 9.17) is 15.8 Å². The fourth-order valence-corrected chi connectivity index (χ4v) is 4.99. The van der Waals surface area contributed by atoms with E-state index < -0.39 is 35.0 Å². The Morgan fingerprint density at radius 1 is 1.02 bits per heavy atom. The number of fused-ring (bicyclic) bond motifs is 1. The smallest absolute Gasteiger partial charge is 0.383 e. The lowest BCUT2D eigenvalue weighted by molar-refractivity contribution is -0.0884. The van der Waals surface area contributed by atoms with Crippen LogP contribution in [0.25, 0.3) is 16.9 Å². The van der Waals surface area contributed by atoms with E-state index in [0.717, 1.165) is 44.1 Å². The topological polar surface area (TPSA) is 126 Å². The molecule has 0 unspecified atom stereocenters. The zero-order valence-corrected chi connectivity index (χ0v) is 24.6. The molecule has 0 atom stereocenters. The molecule has 0 saturated carbocycles. The largest absolute Gasteiger partial charge is 0.455 e. The standard InChI is InChI=1S/C28H30F5N9O.ClH/c1-15(2)41-11-7-16(8-12-41)26-39-23-14-21(18-4-3-17(29)13-20(18)30)37-27(42(23)40-26)36-10-9-35-22-6-5-19(25(34)38-22)24(43)28(31,32)33;/h3-6,13-16H,7-12H2,1-2H3,(H,36,37)(H3,34,35,38);1H. The van der Waals surface area contributed by atoms with Crippen molar-refractivity contribution in [2.45, 2.75) is 44.8 Å². The Morgan fingerprint density at radius 2 is 1.73 bits per heavy atom. The van der Waals surface area contributed by atoms with Crippen LogP contribution in [0.1, 0.15) is 48.8 Å². The molecule has 1 fully saturated rings. The zero-order valence-electron chi connectivity index (χ0n) is 23.8. The van der Waals surface area contributed by atoms with Gasteiger partial charge in [0.2, 0.25) is 5.95 Å². The van der Waals surface area contributed by atoms with E-state index in [9.17, 15) is 26.7 Å². The molecule has 0 amide bonds. The highest BCUT2D eigenvalue weighted by Gasteiger charge is 2.40. The number of likely N-dealkylation sites (tertiary alicyclic amines) is 1. The molecule has 4 aromatic rings. The van der Waals surface area contributed by atoms with Crippen LogP contribution in [0.3, 0.4) is 0 Å². The molecule has 4 N–H and O–H groups in total. The van der Waals surface area contributed by atoms with Gasteiger partial charge in [-0.1, -0.05) is 0 Å².